The molecule has 3 rings (SSSR count). The maximum atomic E-state index is 12.6. The molecule has 24 heavy (non-hydrogen) atoms. The maximum Gasteiger partial charge on any atom is 0.308 e. The maximum absolute atomic E-state index is 12.6. The standard InChI is InChI=1S/C19H25NO4/c1-12(2)9-13(18(22)23)11-20-17(21)15-10-19(15)7-8-24-16-6-4-3-5-14(16)19/h3-6,12-13,15H,7-11H2,1-2H3,(H,20,21)(H,22,23)/t13?,15-,19-/m0/s1. The number of rotatable bonds is 6. The average Bonchev–Trinajstić information content (AvgIpc) is 3.26. The molecule has 1 aliphatic heterocycles. The van der Waals surface area contributed by atoms with Gasteiger partial charge in [-0.3, -0.25) is 9.59 Å². The van der Waals surface area contributed by atoms with E-state index in [0.717, 1.165) is 24.2 Å². The van der Waals surface area contributed by atoms with Crippen molar-refractivity contribution in [1.82, 2.24) is 5.32 Å². The zero-order valence-electron chi connectivity index (χ0n) is 14.2. The van der Waals surface area contributed by atoms with E-state index in [1.165, 1.54) is 0 Å². The number of carbonyl (C=O) groups is 2. The molecule has 0 aromatic heterocycles. The van der Waals surface area contributed by atoms with Gasteiger partial charge in [0.25, 0.3) is 0 Å². The van der Waals surface area contributed by atoms with E-state index in [1.54, 1.807) is 0 Å². The third-order valence-electron chi connectivity index (χ3n) is 5.25. The first-order valence-corrected chi connectivity index (χ1v) is 8.67. The second-order valence-electron chi connectivity index (χ2n) is 7.42. The molecular weight excluding hydrogens is 306 g/mol. The van der Waals surface area contributed by atoms with Gasteiger partial charge in [-0.05, 0) is 31.2 Å². The zero-order chi connectivity index (χ0) is 17.3. The van der Waals surface area contributed by atoms with Gasteiger partial charge < -0.3 is 15.2 Å². The summed E-state index contributed by atoms with van der Waals surface area (Å²) in [6.45, 7) is 4.82. The van der Waals surface area contributed by atoms with Crippen molar-refractivity contribution >= 4 is 11.9 Å². The van der Waals surface area contributed by atoms with Gasteiger partial charge in [0.1, 0.15) is 5.75 Å². The highest BCUT2D eigenvalue weighted by Gasteiger charge is 2.60. The third kappa shape index (κ3) is 3.12. The second-order valence-corrected chi connectivity index (χ2v) is 7.42. The Bertz CT molecular complexity index is 642. The predicted octanol–water partition coefficient (Wildman–Crippen LogP) is 2.59. The molecule has 1 spiro atoms. The lowest BCUT2D eigenvalue weighted by Crippen LogP contribution is -2.36. The number of carboxylic acid groups (broad SMARTS) is 1. The van der Waals surface area contributed by atoms with Gasteiger partial charge in [0.2, 0.25) is 5.91 Å². The van der Waals surface area contributed by atoms with E-state index in [1.807, 2.05) is 38.1 Å². The molecule has 1 aliphatic carbocycles. The van der Waals surface area contributed by atoms with Crippen molar-refractivity contribution in [3.8, 4) is 5.75 Å². The van der Waals surface area contributed by atoms with Crippen LogP contribution in [0.4, 0.5) is 0 Å². The second kappa shape index (κ2) is 6.46. The summed E-state index contributed by atoms with van der Waals surface area (Å²) in [5, 5.41) is 12.2. The Morgan fingerprint density at radius 2 is 2.12 bits per heavy atom. The number of para-hydroxylation sites is 1. The van der Waals surface area contributed by atoms with Crippen LogP contribution in [0.25, 0.3) is 0 Å². The summed E-state index contributed by atoms with van der Waals surface area (Å²) in [4.78, 5) is 23.9. The largest absolute Gasteiger partial charge is 0.493 e. The first-order chi connectivity index (χ1) is 11.4. The van der Waals surface area contributed by atoms with E-state index >= 15 is 0 Å². The topological polar surface area (TPSA) is 75.6 Å². The Labute approximate surface area is 142 Å². The number of fused-ring (bicyclic) bond motifs is 2. The van der Waals surface area contributed by atoms with Crippen LogP contribution in [-0.4, -0.2) is 30.1 Å². The molecular formula is C19H25NO4. The Morgan fingerprint density at radius 1 is 1.38 bits per heavy atom. The Morgan fingerprint density at radius 3 is 2.83 bits per heavy atom. The lowest BCUT2D eigenvalue weighted by atomic mass is 9.87. The van der Waals surface area contributed by atoms with Crippen LogP contribution in [-0.2, 0) is 15.0 Å². The van der Waals surface area contributed by atoms with Gasteiger partial charge in [0, 0.05) is 23.4 Å². The first-order valence-electron chi connectivity index (χ1n) is 8.67. The minimum atomic E-state index is -0.842. The van der Waals surface area contributed by atoms with E-state index < -0.39 is 11.9 Å². The van der Waals surface area contributed by atoms with Crippen molar-refractivity contribution < 1.29 is 19.4 Å². The van der Waals surface area contributed by atoms with Crippen molar-refractivity contribution in [3.05, 3.63) is 29.8 Å². The average molecular weight is 331 g/mol. The summed E-state index contributed by atoms with van der Waals surface area (Å²) in [6, 6.07) is 7.91. The van der Waals surface area contributed by atoms with Gasteiger partial charge in [0.05, 0.1) is 12.5 Å². The normalized spacial score (nSPS) is 25.7. The van der Waals surface area contributed by atoms with Crippen LogP contribution in [0.15, 0.2) is 24.3 Å². The quantitative estimate of drug-likeness (QED) is 0.840. The fourth-order valence-corrected chi connectivity index (χ4v) is 3.89. The van der Waals surface area contributed by atoms with Crippen molar-refractivity contribution in [3.63, 3.8) is 0 Å². The molecule has 0 saturated heterocycles. The van der Waals surface area contributed by atoms with E-state index in [4.69, 9.17) is 4.74 Å². The molecule has 2 N–H and O–H groups in total. The molecule has 1 unspecified atom stereocenters. The van der Waals surface area contributed by atoms with Gasteiger partial charge in [0.15, 0.2) is 0 Å². The molecule has 0 bridgehead atoms. The molecule has 5 nitrogen and oxygen atoms in total. The summed E-state index contributed by atoms with van der Waals surface area (Å²) < 4.78 is 5.69. The van der Waals surface area contributed by atoms with Crippen LogP contribution in [0.5, 0.6) is 5.75 Å². The third-order valence-corrected chi connectivity index (χ3v) is 5.25. The van der Waals surface area contributed by atoms with Gasteiger partial charge >= 0.3 is 5.97 Å². The van der Waals surface area contributed by atoms with Gasteiger partial charge in [-0.1, -0.05) is 32.0 Å². The number of benzene rings is 1. The predicted molar refractivity (Wildman–Crippen MR) is 89.9 cm³/mol. The molecule has 2 aliphatic rings. The summed E-state index contributed by atoms with van der Waals surface area (Å²) in [5.74, 6) is -0.297. The van der Waals surface area contributed by atoms with Crippen molar-refractivity contribution in [1.29, 1.82) is 0 Å². The Balaban J connectivity index is 1.63. The molecule has 1 fully saturated rings. The van der Waals surface area contributed by atoms with Gasteiger partial charge in [-0.25, -0.2) is 0 Å². The van der Waals surface area contributed by atoms with E-state index in [-0.39, 0.29) is 29.7 Å². The molecule has 1 amide bonds. The number of nitrogens with one attached hydrogen (secondary N) is 1. The molecule has 1 saturated carbocycles. The number of hydrogen-bond donors (Lipinski definition) is 2. The van der Waals surface area contributed by atoms with Crippen LogP contribution in [0.1, 0.15) is 38.7 Å². The minimum Gasteiger partial charge on any atom is -0.493 e. The molecule has 5 heteroatoms. The number of carboxylic acids is 1. The molecule has 0 radical (unpaired) electrons. The molecule has 1 heterocycles. The SMILES string of the molecule is CC(C)CC(CNC(=O)[C@@H]1C[C@]12CCOc1ccccc12)C(=O)O. The number of ether oxygens (including phenoxy) is 1. The monoisotopic (exact) mass is 331 g/mol. The molecule has 1 aromatic rings. The van der Waals surface area contributed by atoms with Gasteiger partial charge in [-0.15, -0.1) is 0 Å². The van der Waals surface area contributed by atoms with Crippen LogP contribution >= 0.6 is 0 Å². The summed E-state index contributed by atoms with van der Waals surface area (Å²) in [6.07, 6.45) is 2.24. The fraction of sp³-hybridized carbons (Fsp3) is 0.579. The first kappa shape index (κ1) is 16.8. The summed E-state index contributed by atoms with van der Waals surface area (Å²) in [5.41, 5.74) is 1.00. The van der Waals surface area contributed by atoms with Crippen LogP contribution in [0, 0.1) is 17.8 Å². The van der Waals surface area contributed by atoms with Crippen LogP contribution in [0.2, 0.25) is 0 Å². The molecule has 3 atom stereocenters. The Kier molecular flexibility index (Phi) is 4.52. The lowest BCUT2D eigenvalue weighted by molar-refractivity contribution is -0.142. The number of aliphatic carboxylic acids is 1. The fourth-order valence-electron chi connectivity index (χ4n) is 3.89. The van der Waals surface area contributed by atoms with E-state index in [0.29, 0.717) is 13.0 Å². The summed E-state index contributed by atoms with van der Waals surface area (Å²) >= 11 is 0. The highest BCUT2D eigenvalue weighted by molar-refractivity contribution is 5.85. The zero-order valence-corrected chi connectivity index (χ0v) is 14.2. The molecule has 1 aromatic carbocycles. The lowest BCUT2D eigenvalue weighted by Gasteiger charge is -2.26. The van der Waals surface area contributed by atoms with Crippen molar-refractivity contribution in [2.75, 3.05) is 13.2 Å². The summed E-state index contributed by atoms with van der Waals surface area (Å²) in [7, 11) is 0. The number of amides is 1. The van der Waals surface area contributed by atoms with Gasteiger partial charge in [-0.2, -0.15) is 0 Å². The number of carbonyl (C=O) groups excluding carboxylic acids is 1. The van der Waals surface area contributed by atoms with E-state index in [9.17, 15) is 14.7 Å². The van der Waals surface area contributed by atoms with Crippen LogP contribution < -0.4 is 10.1 Å². The van der Waals surface area contributed by atoms with E-state index in [2.05, 4.69) is 5.32 Å². The number of hydrogen-bond acceptors (Lipinski definition) is 3. The van der Waals surface area contributed by atoms with Crippen LogP contribution in [0.3, 0.4) is 0 Å². The highest BCUT2D eigenvalue weighted by atomic mass is 16.5. The minimum absolute atomic E-state index is 0.0262. The van der Waals surface area contributed by atoms with Crippen molar-refractivity contribution in [2.24, 2.45) is 17.8 Å². The van der Waals surface area contributed by atoms with Crippen molar-refractivity contribution in [2.45, 2.75) is 38.5 Å². The highest BCUT2D eigenvalue weighted by Crippen LogP contribution is 2.60. The smallest absolute Gasteiger partial charge is 0.308 e. The molecule has 130 valence electrons. The Hall–Kier alpha value is -2.04.